The highest BCUT2D eigenvalue weighted by Crippen LogP contribution is 2.32. The fraction of sp³-hybridized carbons (Fsp3) is 0.462. The third-order valence-corrected chi connectivity index (χ3v) is 7.18. The van der Waals surface area contributed by atoms with Crippen LogP contribution in [0.5, 0.6) is 5.75 Å². The largest absolute Gasteiger partial charge is 0.497 e. The van der Waals surface area contributed by atoms with Gasteiger partial charge >= 0.3 is 6.18 Å². The normalized spacial score (nSPS) is 13.4. The fourth-order valence-electron chi connectivity index (χ4n) is 3.74. The van der Waals surface area contributed by atoms with Crippen LogP contribution in [0.1, 0.15) is 44.7 Å². The lowest BCUT2D eigenvalue weighted by Crippen LogP contribution is -2.53. The molecule has 0 aromatic heterocycles. The number of ether oxygens (including phenoxy) is 1. The van der Waals surface area contributed by atoms with E-state index in [1.54, 1.807) is 31.2 Å². The zero-order valence-corrected chi connectivity index (χ0v) is 22.9. The molecule has 2 atom stereocenters. The summed E-state index contributed by atoms with van der Waals surface area (Å²) in [6, 6.07) is 9.43. The molecule has 210 valence electrons. The van der Waals surface area contributed by atoms with Crippen LogP contribution >= 0.6 is 0 Å². The van der Waals surface area contributed by atoms with Crippen molar-refractivity contribution in [1.29, 1.82) is 0 Å². The number of hydrogen-bond donors (Lipinski definition) is 1. The van der Waals surface area contributed by atoms with Gasteiger partial charge in [-0.1, -0.05) is 32.0 Å². The number of halogens is 3. The Kier molecular flexibility index (Phi) is 10.6. The second kappa shape index (κ2) is 13.0. The Hall–Kier alpha value is -3.28. The van der Waals surface area contributed by atoms with Crippen LogP contribution in [0.4, 0.5) is 18.9 Å². The summed E-state index contributed by atoms with van der Waals surface area (Å²) in [5.74, 6) is -0.565. The van der Waals surface area contributed by atoms with Gasteiger partial charge in [-0.05, 0) is 55.7 Å². The van der Waals surface area contributed by atoms with Crippen molar-refractivity contribution in [3.05, 3.63) is 59.7 Å². The molecule has 0 aliphatic heterocycles. The van der Waals surface area contributed by atoms with Gasteiger partial charge in [0.15, 0.2) is 0 Å². The van der Waals surface area contributed by atoms with Crippen molar-refractivity contribution in [1.82, 2.24) is 10.2 Å². The number of methoxy groups -OCH3 is 1. The van der Waals surface area contributed by atoms with Gasteiger partial charge in [-0.2, -0.15) is 13.2 Å². The molecule has 0 saturated carbocycles. The van der Waals surface area contributed by atoms with Gasteiger partial charge in [0.1, 0.15) is 18.3 Å². The van der Waals surface area contributed by atoms with Crippen molar-refractivity contribution in [3.8, 4) is 5.75 Å². The summed E-state index contributed by atoms with van der Waals surface area (Å²) in [6.45, 7) is 4.61. The minimum atomic E-state index is -4.70. The van der Waals surface area contributed by atoms with Gasteiger partial charge in [0.05, 0.1) is 24.6 Å². The molecule has 2 aromatic rings. The lowest BCUT2D eigenvalue weighted by atomic mass is 10.1. The summed E-state index contributed by atoms with van der Waals surface area (Å²) >= 11 is 0. The maximum Gasteiger partial charge on any atom is 0.416 e. The zero-order chi connectivity index (χ0) is 28.7. The molecule has 0 spiro atoms. The highest BCUT2D eigenvalue weighted by Gasteiger charge is 2.34. The number of amides is 2. The van der Waals surface area contributed by atoms with E-state index in [1.165, 1.54) is 18.1 Å². The number of nitrogens with zero attached hydrogens (tertiary/aromatic N) is 2. The van der Waals surface area contributed by atoms with Crippen molar-refractivity contribution < 1.29 is 35.9 Å². The number of carbonyl (C=O) groups is 2. The molecule has 0 heterocycles. The molecule has 0 saturated heterocycles. The smallest absolute Gasteiger partial charge is 0.416 e. The summed E-state index contributed by atoms with van der Waals surface area (Å²) in [5.41, 5.74) is -0.707. The van der Waals surface area contributed by atoms with Crippen molar-refractivity contribution >= 4 is 27.5 Å². The van der Waals surface area contributed by atoms with Crippen LogP contribution in [0, 0.1) is 0 Å². The lowest BCUT2D eigenvalue weighted by Gasteiger charge is -2.33. The van der Waals surface area contributed by atoms with E-state index in [9.17, 15) is 31.2 Å². The number of benzene rings is 2. The topological polar surface area (TPSA) is 96.0 Å². The van der Waals surface area contributed by atoms with Crippen LogP contribution in [-0.2, 0) is 32.3 Å². The Morgan fingerprint density at radius 3 is 2.18 bits per heavy atom. The van der Waals surface area contributed by atoms with E-state index in [2.05, 4.69) is 5.32 Å². The van der Waals surface area contributed by atoms with E-state index < -0.39 is 46.2 Å². The van der Waals surface area contributed by atoms with E-state index in [-0.39, 0.29) is 24.7 Å². The minimum absolute atomic E-state index is 0.0323. The SMILES string of the molecule is CC[C@@H](C)NC(=O)[C@H](CC)N(Cc1ccc(OC)cc1)C(=O)CN(c1cccc(C(F)(F)F)c1)S(C)(=O)=O. The molecule has 2 amide bonds. The molecule has 2 rings (SSSR count). The minimum Gasteiger partial charge on any atom is -0.497 e. The molecule has 38 heavy (non-hydrogen) atoms. The van der Waals surface area contributed by atoms with Crippen molar-refractivity contribution in [2.24, 2.45) is 0 Å². The second-order valence-electron chi connectivity index (χ2n) is 8.93. The third kappa shape index (κ3) is 8.37. The van der Waals surface area contributed by atoms with Crippen LogP contribution in [0.2, 0.25) is 0 Å². The van der Waals surface area contributed by atoms with Gasteiger partial charge in [-0.3, -0.25) is 13.9 Å². The predicted octanol–water partition coefficient (Wildman–Crippen LogP) is 4.20. The van der Waals surface area contributed by atoms with Crippen LogP contribution in [0.15, 0.2) is 48.5 Å². The molecule has 0 bridgehead atoms. The van der Waals surface area contributed by atoms with E-state index >= 15 is 0 Å². The summed E-state index contributed by atoms with van der Waals surface area (Å²) < 4.78 is 70.9. The summed E-state index contributed by atoms with van der Waals surface area (Å²) in [6.07, 6.45) is -3.01. The lowest BCUT2D eigenvalue weighted by molar-refractivity contribution is -0.140. The van der Waals surface area contributed by atoms with E-state index in [0.29, 0.717) is 28.1 Å². The molecule has 2 aromatic carbocycles. The zero-order valence-electron chi connectivity index (χ0n) is 22.1. The number of anilines is 1. The molecule has 0 unspecified atom stereocenters. The molecule has 0 fully saturated rings. The quantitative estimate of drug-likeness (QED) is 0.422. The molecule has 1 N–H and O–H groups in total. The number of sulfonamides is 1. The average Bonchev–Trinajstić information content (AvgIpc) is 2.86. The first-order valence-corrected chi connectivity index (χ1v) is 13.9. The highest BCUT2D eigenvalue weighted by molar-refractivity contribution is 7.92. The molecule has 0 aliphatic rings. The number of hydrogen-bond acceptors (Lipinski definition) is 5. The number of carbonyl (C=O) groups excluding carboxylic acids is 2. The van der Waals surface area contributed by atoms with Crippen molar-refractivity contribution in [3.63, 3.8) is 0 Å². The standard InChI is InChI=1S/C26H34F3N3O5S/c1-6-18(3)30-25(34)23(7-2)31(16-19-11-13-22(37-4)14-12-19)24(33)17-32(38(5,35)36)21-10-8-9-20(15-21)26(27,28)29/h8-15,18,23H,6-7,16-17H2,1-5H3,(H,30,34)/t18-,23+/m1/s1. The summed E-state index contributed by atoms with van der Waals surface area (Å²) in [4.78, 5) is 28.0. The maximum absolute atomic E-state index is 13.6. The van der Waals surface area contributed by atoms with E-state index in [1.807, 2.05) is 13.8 Å². The number of alkyl halides is 3. The van der Waals surface area contributed by atoms with Crippen LogP contribution in [0.3, 0.4) is 0 Å². The summed E-state index contributed by atoms with van der Waals surface area (Å²) in [7, 11) is -2.66. The van der Waals surface area contributed by atoms with Crippen LogP contribution < -0.4 is 14.4 Å². The van der Waals surface area contributed by atoms with Gasteiger partial charge in [0.25, 0.3) is 0 Å². The van der Waals surface area contributed by atoms with Crippen molar-refractivity contribution in [2.45, 2.75) is 58.4 Å². The Morgan fingerprint density at radius 1 is 1.05 bits per heavy atom. The Bertz CT molecular complexity index is 1200. The monoisotopic (exact) mass is 557 g/mol. The van der Waals surface area contributed by atoms with E-state index in [0.717, 1.165) is 18.4 Å². The Labute approximate surface area is 221 Å². The first-order chi connectivity index (χ1) is 17.7. The highest BCUT2D eigenvalue weighted by atomic mass is 32.2. The second-order valence-corrected chi connectivity index (χ2v) is 10.8. The Morgan fingerprint density at radius 2 is 1.68 bits per heavy atom. The third-order valence-electron chi connectivity index (χ3n) is 6.04. The first-order valence-electron chi connectivity index (χ1n) is 12.1. The van der Waals surface area contributed by atoms with E-state index in [4.69, 9.17) is 4.74 Å². The first kappa shape index (κ1) is 30.9. The van der Waals surface area contributed by atoms with Gasteiger partial charge in [0.2, 0.25) is 21.8 Å². The maximum atomic E-state index is 13.6. The van der Waals surface area contributed by atoms with Crippen molar-refractivity contribution in [2.75, 3.05) is 24.2 Å². The van der Waals surface area contributed by atoms with Gasteiger partial charge in [-0.25, -0.2) is 8.42 Å². The molecule has 0 aliphatic carbocycles. The van der Waals surface area contributed by atoms with Gasteiger partial charge in [0, 0.05) is 12.6 Å². The predicted molar refractivity (Wildman–Crippen MR) is 139 cm³/mol. The van der Waals surface area contributed by atoms with Crippen LogP contribution in [-0.4, -0.2) is 57.1 Å². The van der Waals surface area contributed by atoms with Gasteiger partial charge in [-0.15, -0.1) is 0 Å². The number of nitrogens with one attached hydrogen (secondary N) is 1. The summed E-state index contributed by atoms with van der Waals surface area (Å²) in [5, 5.41) is 2.85. The fourth-order valence-corrected chi connectivity index (χ4v) is 4.58. The molecular formula is C26H34F3N3O5S. The van der Waals surface area contributed by atoms with Crippen LogP contribution in [0.25, 0.3) is 0 Å². The number of rotatable bonds is 12. The molecule has 0 radical (unpaired) electrons. The van der Waals surface area contributed by atoms with Gasteiger partial charge < -0.3 is 15.0 Å². The molecule has 12 heteroatoms. The molecular weight excluding hydrogens is 523 g/mol. The molecule has 8 nitrogen and oxygen atoms in total. The Balaban J connectivity index is 2.49. The average molecular weight is 558 g/mol.